The van der Waals surface area contributed by atoms with Crippen molar-refractivity contribution in [3.05, 3.63) is 194 Å². The lowest BCUT2D eigenvalue weighted by Gasteiger charge is -2.17. The summed E-state index contributed by atoms with van der Waals surface area (Å²) < 4.78 is 0. The van der Waals surface area contributed by atoms with E-state index in [0.717, 1.165) is 0 Å². The molecule has 0 heterocycles. The Bertz CT molecular complexity index is 4380. The summed E-state index contributed by atoms with van der Waals surface area (Å²) in [4.78, 5) is 0. The van der Waals surface area contributed by atoms with Gasteiger partial charge in [0.05, 0.1) is 0 Å². The lowest BCUT2D eigenvalue weighted by Crippen LogP contribution is -1.89. The van der Waals surface area contributed by atoms with Crippen molar-refractivity contribution in [3.63, 3.8) is 0 Å². The Kier molecular flexibility index (Phi) is 5.64. The Hall–Kier alpha value is -8.06. The molecule has 0 amide bonds. The van der Waals surface area contributed by atoms with Crippen LogP contribution in [0.1, 0.15) is 0 Å². The molecule has 0 N–H and O–H groups in total. The van der Waals surface area contributed by atoms with Crippen LogP contribution in [-0.4, -0.2) is 0 Å². The number of rotatable bonds is 2. The summed E-state index contributed by atoms with van der Waals surface area (Å²) in [5.74, 6) is 0. The first kappa shape index (κ1) is 31.8. The van der Waals surface area contributed by atoms with Crippen LogP contribution in [-0.2, 0) is 0 Å². The van der Waals surface area contributed by atoms with Crippen LogP contribution in [0.5, 0.6) is 0 Å². The van der Waals surface area contributed by atoms with E-state index in [9.17, 15) is 0 Å². The van der Waals surface area contributed by atoms with E-state index in [0.29, 0.717) is 0 Å². The van der Waals surface area contributed by atoms with Gasteiger partial charge in [0.15, 0.2) is 0 Å². The van der Waals surface area contributed by atoms with Crippen LogP contribution >= 0.6 is 0 Å². The van der Waals surface area contributed by atoms with E-state index in [-0.39, 0.29) is 0 Å². The molecule has 0 saturated heterocycles. The van der Waals surface area contributed by atoms with Crippen LogP contribution in [0.2, 0.25) is 0 Å². The second-order valence-electron chi connectivity index (χ2n) is 17.7. The SMILES string of the molecule is c1ccc(-c2c3cc4c(cc3c(-c3ccccc3)c3c5ccc6c7ccc8c9c(ccc(c%10ccc(c23)c5c%106)c97)-c2ccccc2-8)c2cc3ccccc3c3cccc4c32)cc1. The molecule has 0 nitrogen and oxygen atoms in total. The van der Waals surface area contributed by atoms with Gasteiger partial charge in [-0.25, -0.2) is 0 Å². The highest BCUT2D eigenvalue weighted by Crippen LogP contribution is 2.57. The van der Waals surface area contributed by atoms with E-state index in [2.05, 4.69) is 194 Å². The molecule has 16 rings (SSSR count). The lowest BCUT2D eigenvalue weighted by atomic mass is 9.85. The fourth-order valence-corrected chi connectivity index (χ4v) is 12.6. The number of benzene rings is 13. The minimum Gasteiger partial charge on any atom is -0.0622 e. The first-order valence-corrected chi connectivity index (χ1v) is 21.8. The topological polar surface area (TPSA) is 0 Å². The highest BCUT2D eigenvalue weighted by atomic mass is 14.3. The highest BCUT2D eigenvalue weighted by Gasteiger charge is 2.29. The van der Waals surface area contributed by atoms with Gasteiger partial charge in [-0.3, -0.25) is 0 Å². The molecule has 1 aliphatic rings. The van der Waals surface area contributed by atoms with E-state index >= 15 is 0 Å². The minimum atomic E-state index is 1.25. The van der Waals surface area contributed by atoms with E-state index in [1.165, 1.54) is 163 Å². The van der Waals surface area contributed by atoms with Crippen molar-refractivity contribution >= 4 is 118 Å². The summed E-state index contributed by atoms with van der Waals surface area (Å²) in [5.41, 5.74) is 10.5. The monoisotopic (exact) mass is 776 g/mol. The average Bonchev–Trinajstić information content (AvgIpc) is 3.96. The van der Waals surface area contributed by atoms with Crippen LogP contribution in [0.4, 0.5) is 0 Å². The lowest BCUT2D eigenvalue weighted by molar-refractivity contribution is 1.68. The van der Waals surface area contributed by atoms with Gasteiger partial charge in [-0.1, -0.05) is 176 Å². The molecule has 0 saturated carbocycles. The molecule has 280 valence electrons. The largest absolute Gasteiger partial charge is 0.0622 e. The van der Waals surface area contributed by atoms with Crippen molar-refractivity contribution in [2.24, 2.45) is 0 Å². The van der Waals surface area contributed by atoms with Crippen molar-refractivity contribution in [2.45, 2.75) is 0 Å². The Morgan fingerprint density at radius 2 is 0.597 bits per heavy atom. The molecule has 62 heavy (non-hydrogen) atoms. The molecule has 0 atom stereocenters. The Morgan fingerprint density at radius 1 is 0.177 bits per heavy atom. The fraction of sp³-hybridized carbons (Fsp3) is 0. The summed E-state index contributed by atoms with van der Waals surface area (Å²) >= 11 is 0. The Balaban J connectivity index is 1.14. The molecule has 0 radical (unpaired) electrons. The first-order valence-electron chi connectivity index (χ1n) is 21.8. The van der Waals surface area contributed by atoms with E-state index in [4.69, 9.17) is 0 Å². The quantitative estimate of drug-likeness (QED) is 0.121. The minimum absolute atomic E-state index is 1.25. The van der Waals surface area contributed by atoms with Crippen LogP contribution < -0.4 is 0 Å². The van der Waals surface area contributed by atoms with Gasteiger partial charge >= 0.3 is 0 Å². The molecule has 15 aromatic carbocycles. The fourth-order valence-electron chi connectivity index (χ4n) is 12.6. The molecule has 0 spiro atoms. The third-order valence-corrected chi connectivity index (χ3v) is 15.0. The molecular weight excluding hydrogens is 745 g/mol. The molecule has 0 bridgehead atoms. The van der Waals surface area contributed by atoms with Crippen molar-refractivity contribution in [1.29, 1.82) is 0 Å². The van der Waals surface area contributed by atoms with Gasteiger partial charge in [-0.2, -0.15) is 0 Å². The van der Waals surface area contributed by atoms with Crippen molar-refractivity contribution in [3.8, 4) is 44.5 Å². The smallest absolute Gasteiger partial charge is 0.000740 e. The maximum atomic E-state index is 2.55. The van der Waals surface area contributed by atoms with Gasteiger partial charge in [0.1, 0.15) is 0 Å². The van der Waals surface area contributed by atoms with Gasteiger partial charge in [-0.15, -0.1) is 0 Å². The summed E-state index contributed by atoms with van der Waals surface area (Å²) in [6.45, 7) is 0. The van der Waals surface area contributed by atoms with Crippen molar-refractivity contribution < 1.29 is 0 Å². The van der Waals surface area contributed by atoms with Gasteiger partial charge in [0, 0.05) is 0 Å². The first-order chi connectivity index (χ1) is 30.8. The number of fused-ring (bicyclic) bond motifs is 14. The normalized spacial score (nSPS) is 12.8. The molecular formula is C62H32. The van der Waals surface area contributed by atoms with Gasteiger partial charge < -0.3 is 0 Å². The van der Waals surface area contributed by atoms with Crippen LogP contribution in [0, 0.1) is 0 Å². The van der Waals surface area contributed by atoms with Crippen LogP contribution in [0.25, 0.3) is 163 Å². The van der Waals surface area contributed by atoms with Crippen LogP contribution in [0.15, 0.2) is 194 Å². The number of hydrogen-bond acceptors (Lipinski definition) is 0. The standard InChI is InChI=1S/C62H32/c1-3-12-33(13-4-1)54-52-31-49-40-21-11-20-39-36-17-8-7-16-35(36)30-51(56(39)40)50(49)32-53(52)55(34-14-5-2-6-15-34)62-48-29-27-46-44-25-23-42-38-19-10-9-18-37(38)41-22-24-43(58(44)57(41)42)45-26-28-47(61(54)62)60(48)59(45)46/h1-32H. The summed E-state index contributed by atoms with van der Waals surface area (Å²) in [5, 5.41) is 29.4. The second kappa shape index (κ2) is 11.0. The predicted molar refractivity (Wildman–Crippen MR) is 268 cm³/mol. The predicted octanol–water partition coefficient (Wildman–Crippen LogP) is 17.7. The van der Waals surface area contributed by atoms with Gasteiger partial charge in [-0.05, 0) is 181 Å². The van der Waals surface area contributed by atoms with E-state index < -0.39 is 0 Å². The van der Waals surface area contributed by atoms with Gasteiger partial charge in [0.25, 0.3) is 0 Å². The zero-order valence-electron chi connectivity index (χ0n) is 33.5. The second-order valence-corrected chi connectivity index (χ2v) is 17.7. The van der Waals surface area contributed by atoms with E-state index in [1.807, 2.05) is 0 Å². The summed E-state index contributed by atoms with van der Waals surface area (Å²) in [7, 11) is 0. The Labute approximate surface area is 355 Å². The van der Waals surface area contributed by atoms with Crippen molar-refractivity contribution in [2.75, 3.05) is 0 Å². The molecule has 15 aromatic rings. The van der Waals surface area contributed by atoms with Gasteiger partial charge in [0.2, 0.25) is 0 Å². The highest BCUT2D eigenvalue weighted by molar-refractivity contribution is 6.47. The molecule has 0 aliphatic heterocycles. The zero-order chi connectivity index (χ0) is 39.9. The average molecular weight is 777 g/mol. The molecule has 0 heteroatoms. The summed E-state index contributed by atoms with van der Waals surface area (Å²) in [6, 6.07) is 74.1. The third kappa shape index (κ3) is 3.66. The maximum Gasteiger partial charge on any atom is -0.000740 e. The molecule has 0 unspecified atom stereocenters. The van der Waals surface area contributed by atoms with Crippen molar-refractivity contribution in [1.82, 2.24) is 0 Å². The third-order valence-electron chi connectivity index (χ3n) is 15.0. The molecule has 0 aromatic heterocycles. The maximum absolute atomic E-state index is 2.55. The summed E-state index contributed by atoms with van der Waals surface area (Å²) in [6.07, 6.45) is 0. The molecule has 1 aliphatic carbocycles. The molecule has 0 fully saturated rings. The van der Waals surface area contributed by atoms with Crippen LogP contribution in [0.3, 0.4) is 0 Å². The number of hydrogen-bond donors (Lipinski definition) is 0. The zero-order valence-corrected chi connectivity index (χ0v) is 33.5. The Morgan fingerprint density at radius 3 is 1.19 bits per heavy atom. The van der Waals surface area contributed by atoms with E-state index in [1.54, 1.807) is 0 Å².